The summed E-state index contributed by atoms with van der Waals surface area (Å²) in [4.78, 5) is 0. The van der Waals surface area contributed by atoms with E-state index >= 15 is 0 Å². The lowest BCUT2D eigenvalue weighted by Gasteiger charge is -2.22. The summed E-state index contributed by atoms with van der Waals surface area (Å²) in [6.45, 7) is 1.48. The summed E-state index contributed by atoms with van der Waals surface area (Å²) in [5.41, 5.74) is 0.763. The summed E-state index contributed by atoms with van der Waals surface area (Å²) in [6.07, 6.45) is 4.15. The largest absolute Gasteiger partial charge is 0.497 e. The maximum atomic E-state index is 10.3. The molecular formula is C18H23NO2. The van der Waals surface area contributed by atoms with Crippen molar-refractivity contribution in [2.45, 2.75) is 37.8 Å². The molecular weight excluding hydrogens is 262 g/mol. The maximum absolute atomic E-state index is 10.3. The lowest BCUT2D eigenvalue weighted by atomic mass is 10.0. The van der Waals surface area contributed by atoms with Crippen LogP contribution in [0.25, 0.3) is 10.8 Å². The van der Waals surface area contributed by atoms with Crippen molar-refractivity contribution in [3.8, 4) is 5.75 Å². The molecule has 0 saturated heterocycles. The fourth-order valence-corrected chi connectivity index (χ4v) is 3.16. The number of rotatable bonds is 5. The first-order chi connectivity index (χ1) is 10.2. The van der Waals surface area contributed by atoms with Gasteiger partial charge in [-0.1, -0.05) is 31.0 Å². The number of ether oxygens (including phenoxy) is 1. The van der Waals surface area contributed by atoms with E-state index in [1.807, 2.05) is 12.1 Å². The zero-order valence-electron chi connectivity index (χ0n) is 12.6. The molecule has 0 heterocycles. The maximum Gasteiger partial charge on any atom is 0.119 e. The van der Waals surface area contributed by atoms with E-state index in [1.165, 1.54) is 16.3 Å². The minimum Gasteiger partial charge on any atom is -0.497 e. The first kappa shape index (κ1) is 14.4. The quantitative estimate of drug-likeness (QED) is 0.886. The van der Waals surface area contributed by atoms with Crippen molar-refractivity contribution in [3.05, 3.63) is 42.0 Å². The van der Waals surface area contributed by atoms with Crippen molar-refractivity contribution in [3.63, 3.8) is 0 Å². The molecule has 0 bridgehead atoms. The van der Waals surface area contributed by atoms with Crippen molar-refractivity contribution in [2.75, 3.05) is 13.7 Å². The van der Waals surface area contributed by atoms with Gasteiger partial charge >= 0.3 is 0 Å². The number of fused-ring (bicyclic) bond motifs is 1. The Morgan fingerprint density at radius 2 is 1.81 bits per heavy atom. The Bertz CT molecular complexity index is 618. The van der Waals surface area contributed by atoms with Crippen LogP contribution in [0, 0.1) is 0 Å². The van der Waals surface area contributed by atoms with Gasteiger partial charge in [-0.05, 0) is 47.4 Å². The van der Waals surface area contributed by atoms with E-state index in [0.29, 0.717) is 6.54 Å². The molecule has 0 radical (unpaired) electrons. The van der Waals surface area contributed by atoms with Crippen molar-refractivity contribution in [1.82, 2.24) is 5.32 Å². The van der Waals surface area contributed by atoms with E-state index in [9.17, 15) is 5.11 Å². The van der Waals surface area contributed by atoms with Crippen LogP contribution in [0.1, 0.15) is 31.2 Å². The Morgan fingerprint density at radius 3 is 2.57 bits per heavy atom. The molecule has 0 aliphatic heterocycles. The van der Waals surface area contributed by atoms with E-state index in [1.54, 1.807) is 7.11 Å². The van der Waals surface area contributed by atoms with Crippen LogP contribution < -0.4 is 10.1 Å². The molecule has 0 atom stereocenters. The number of methoxy groups -OCH3 is 1. The minimum atomic E-state index is -0.482. The molecule has 0 aromatic heterocycles. The molecule has 1 fully saturated rings. The molecule has 21 heavy (non-hydrogen) atoms. The van der Waals surface area contributed by atoms with Gasteiger partial charge in [-0.2, -0.15) is 0 Å². The average molecular weight is 285 g/mol. The molecule has 1 saturated carbocycles. The summed E-state index contributed by atoms with van der Waals surface area (Å²) in [5, 5.41) is 16.1. The average Bonchev–Trinajstić information content (AvgIpc) is 2.93. The molecule has 0 amide bonds. The van der Waals surface area contributed by atoms with Gasteiger partial charge in [0.1, 0.15) is 5.75 Å². The van der Waals surface area contributed by atoms with Crippen molar-refractivity contribution >= 4 is 10.8 Å². The Kier molecular flexibility index (Phi) is 4.13. The number of benzene rings is 2. The van der Waals surface area contributed by atoms with E-state index in [2.05, 4.69) is 29.6 Å². The summed E-state index contributed by atoms with van der Waals surface area (Å²) >= 11 is 0. The standard InChI is InChI=1S/C18H23NO2/c1-21-17-7-6-15-10-14(4-5-16(15)11-17)12-19-13-18(20)8-2-3-9-18/h4-7,10-11,19-20H,2-3,8-9,12-13H2,1H3. The van der Waals surface area contributed by atoms with E-state index < -0.39 is 5.60 Å². The van der Waals surface area contributed by atoms with Crippen LogP contribution in [0.3, 0.4) is 0 Å². The Hall–Kier alpha value is -1.58. The fraction of sp³-hybridized carbons (Fsp3) is 0.444. The molecule has 3 rings (SSSR count). The van der Waals surface area contributed by atoms with Crippen LogP contribution in [-0.4, -0.2) is 24.4 Å². The number of nitrogens with one attached hydrogen (secondary N) is 1. The molecule has 3 nitrogen and oxygen atoms in total. The lowest BCUT2D eigenvalue weighted by molar-refractivity contribution is 0.0475. The molecule has 2 aromatic carbocycles. The highest BCUT2D eigenvalue weighted by Crippen LogP contribution is 2.28. The van der Waals surface area contributed by atoms with Gasteiger partial charge in [-0.3, -0.25) is 0 Å². The van der Waals surface area contributed by atoms with Gasteiger partial charge in [0.05, 0.1) is 12.7 Å². The third-order valence-electron chi connectivity index (χ3n) is 4.43. The topological polar surface area (TPSA) is 41.5 Å². The van der Waals surface area contributed by atoms with Crippen molar-refractivity contribution in [1.29, 1.82) is 0 Å². The van der Waals surface area contributed by atoms with E-state index in [-0.39, 0.29) is 0 Å². The van der Waals surface area contributed by atoms with Gasteiger partial charge in [0.15, 0.2) is 0 Å². The van der Waals surface area contributed by atoms with Gasteiger partial charge in [-0.25, -0.2) is 0 Å². The van der Waals surface area contributed by atoms with Crippen LogP contribution in [0.5, 0.6) is 5.75 Å². The zero-order chi connectivity index (χ0) is 14.7. The van der Waals surface area contributed by atoms with Gasteiger partial charge < -0.3 is 15.2 Å². The SMILES string of the molecule is COc1ccc2cc(CNCC3(O)CCCC3)ccc2c1. The Morgan fingerprint density at radius 1 is 1.10 bits per heavy atom. The van der Waals surface area contributed by atoms with Crippen LogP contribution in [-0.2, 0) is 6.54 Å². The Labute approximate surface area is 125 Å². The summed E-state index contributed by atoms with van der Waals surface area (Å²) in [7, 11) is 1.69. The van der Waals surface area contributed by atoms with Crippen molar-refractivity contribution < 1.29 is 9.84 Å². The van der Waals surface area contributed by atoms with Crippen molar-refractivity contribution in [2.24, 2.45) is 0 Å². The second kappa shape index (κ2) is 6.04. The third kappa shape index (κ3) is 3.36. The van der Waals surface area contributed by atoms with Crippen LogP contribution in [0.2, 0.25) is 0 Å². The summed E-state index contributed by atoms with van der Waals surface area (Å²) < 4.78 is 5.25. The molecule has 112 valence electrons. The first-order valence-corrected chi connectivity index (χ1v) is 7.68. The van der Waals surface area contributed by atoms with E-state index in [0.717, 1.165) is 38.0 Å². The lowest BCUT2D eigenvalue weighted by Crippen LogP contribution is -2.37. The normalized spacial score (nSPS) is 17.2. The fourth-order valence-electron chi connectivity index (χ4n) is 3.16. The molecule has 2 N–H and O–H groups in total. The summed E-state index contributed by atoms with van der Waals surface area (Å²) in [6, 6.07) is 12.6. The predicted octanol–water partition coefficient (Wildman–Crippen LogP) is 3.24. The van der Waals surface area contributed by atoms with Gasteiger partial charge in [0.2, 0.25) is 0 Å². The minimum absolute atomic E-state index is 0.482. The molecule has 0 spiro atoms. The zero-order valence-corrected chi connectivity index (χ0v) is 12.6. The monoisotopic (exact) mass is 285 g/mol. The summed E-state index contributed by atoms with van der Waals surface area (Å²) in [5.74, 6) is 0.886. The highest BCUT2D eigenvalue weighted by atomic mass is 16.5. The number of hydrogen-bond acceptors (Lipinski definition) is 3. The van der Waals surface area contributed by atoms with Crippen LogP contribution >= 0.6 is 0 Å². The molecule has 3 heteroatoms. The van der Waals surface area contributed by atoms with Gasteiger partial charge in [0, 0.05) is 13.1 Å². The Balaban J connectivity index is 1.64. The van der Waals surface area contributed by atoms with E-state index in [4.69, 9.17) is 4.74 Å². The van der Waals surface area contributed by atoms with Crippen LogP contribution in [0.15, 0.2) is 36.4 Å². The smallest absolute Gasteiger partial charge is 0.119 e. The molecule has 0 unspecified atom stereocenters. The molecule has 2 aromatic rings. The van der Waals surface area contributed by atoms with Gasteiger partial charge in [0.25, 0.3) is 0 Å². The predicted molar refractivity (Wildman–Crippen MR) is 85.6 cm³/mol. The second-order valence-corrected chi connectivity index (χ2v) is 6.08. The third-order valence-corrected chi connectivity index (χ3v) is 4.43. The van der Waals surface area contributed by atoms with Gasteiger partial charge in [-0.15, -0.1) is 0 Å². The first-order valence-electron chi connectivity index (χ1n) is 7.68. The number of aliphatic hydroxyl groups is 1. The molecule has 1 aliphatic carbocycles. The highest BCUT2D eigenvalue weighted by molar-refractivity contribution is 5.84. The molecule has 1 aliphatic rings. The van der Waals surface area contributed by atoms with Crippen LogP contribution in [0.4, 0.5) is 0 Å². The second-order valence-electron chi connectivity index (χ2n) is 6.08. The number of hydrogen-bond donors (Lipinski definition) is 2. The highest BCUT2D eigenvalue weighted by Gasteiger charge is 2.30.